The number of carbonyl (C=O) groups is 1. The van der Waals surface area contributed by atoms with E-state index in [1.807, 2.05) is 0 Å². The van der Waals surface area contributed by atoms with E-state index in [-0.39, 0.29) is 6.03 Å². The zero-order valence-corrected chi connectivity index (χ0v) is 9.67. The van der Waals surface area contributed by atoms with Crippen LogP contribution in [0.3, 0.4) is 0 Å². The molecule has 2 amide bonds. The van der Waals surface area contributed by atoms with Crippen LogP contribution in [0.4, 0.5) is 4.79 Å². The van der Waals surface area contributed by atoms with E-state index in [4.69, 9.17) is 0 Å². The maximum atomic E-state index is 11.9. The van der Waals surface area contributed by atoms with Gasteiger partial charge >= 0.3 is 6.03 Å². The van der Waals surface area contributed by atoms with Crippen LogP contribution in [0.5, 0.6) is 0 Å². The lowest BCUT2D eigenvalue weighted by Gasteiger charge is -2.37. The van der Waals surface area contributed by atoms with Gasteiger partial charge in [0.05, 0.1) is 0 Å². The van der Waals surface area contributed by atoms with E-state index in [0.29, 0.717) is 6.04 Å². The Balaban J connectivity index is 1.92. The average Bonchev–Trinajstić information content (AvgIpc) is 2.73. The van der Waals surface area contributed by atoms with Crippen molar-refractivity contribution in [3.8, 4) is 0 Å². The van der Waals surface area contributed by atoms with Gasteiger partial charge in [0, 0.05) is 19.1 Å². The van der Waals surface area contributed by atoms with Crippen molar-refractivity contribution in [2.45, 2.75) is 51.5 Å². The molecular formula is C12H22N2O. The van der Waals surface area contributed by atoms with Crippen LogP contribution in [0.2, 0.25) is 0 Å². The van der Waals surface area contributed by atoms with Crippen LogP contribution in [0, 0.1) is 5.92 Å². The second kappa shape index (κ2) is 4.86. The molecule has 0 aromatic carbocycles. The van der Waals surface area contributed by atoms with E-state index in [9.17, 15) is 4.79 Å². The second-order valence-electron chi connectivity index (χ2n) is 4.83. The van der Waals surface area contributed by atoms with Crippen molar-refractivity contribution in [2.24, 2.45) is 5.92 Å². The molecule has 1 N–H and O–H groups in total. The molecule has 2 atom stereocenters. The average molecular weight is 210 g/mol. The third-order valence-corrected chi connectivity index (χ3v) is 3.78. The summed E-state index contributed by atoms with van der Waals surface area (Å²) < 4.78 is 0. The molecule has 86 valence electrons. The van der Waals surface area contributed by atoms with Gasteiger partial charge in [-0.3, -0.25) is 0 Å². The minimum absolute atomic E-state index is 0.174. The van der Waals surface area contributed by atoms with E-state index >= 15 is 0 Å². The fourth-order valence-corrected chi connectivity index (χ4v) is 3.04. The van der Waals surface area contributed by atoms with Gasteiger partial charge in [-0.1, -0.05) is 13.3 Å². The van der Waals surface area contributed by atoms with E-state index < -0.39 is 0 Å². The highest BCUT2D eigenvalue weighted by atomic mass is 16.2. The summed E-state index contributed by atoms with van der Waals surface area (Å²) in [6, 6.07) is 0.726. The molecule has 1 saturated carbocycles. The zero-order valence-electron chi connectivity index (χ0n) is 9.67. The van der Waals surface area contributed by atoms with Crippen LogP contribution in [0.25, 0.3) is 0 Å². The molecule has 1 heterocycles. The Bertz CT molecular complexity index is 230. The fourth-order valence-electron chi connectivity index (χ4n) is 3.04. The summed E-state index contributed by atoms with van der Waals surface area (Å²) >= 11 is 0. The number of urea groups is 1. The third kappa shape index (κ3) is 2.27. The van der Waals surface area contributed by atoms with Crippen LogP contribution in [0.1, 0.15) is 45.4 Å². The Kier molecular flexibility index (Phi) is 3.49. The topological polar surface area (TPSA) is 32.3 Å². The zero-order chi connectivity index (χ0) is 10.7. The van der Waals surface area contributed by atoms with Crippen molar-refractivity contribution < 1.29 is 4.79 Å². The number of nitrogens with one attached hydrogen (secondary N) is 1. The van der Waals surface area contributed by atoms with Gasteiger partial charge < -0.3 is 10.2 Å². The Labute approximate surface area is 92.2 Å². The summed E-state index contributed by atoms with van der Waals surface area (Å²) in [7, 11) is 0. The standard InChI is InChI=1S/C12H22N2O/c1-2-8-13-12(15)14-9-4-6-10-5-3-7-11(10)14/h10-11H,2-9H2,1H3,(H,13,15). The molecule has 1 aliphatic carbocycles. The van der Waals surface area contributed by atoms with E-state index in [2.05, 4.69) is 17.1 Å². The molecule has 1 saturated heterocycles. The van der Waals surface area contributed by atoms with Gasteiger partial charge in [0.25, 0.3) is 0 Å². The molecule has 0 aromatic heterocycles. The molecule has 2 rings (SSSR count). The molecule has 3 heteroatoms. The lowest BCUT2D eigenvalue weighted by atomic mass is 9.92. The molecule has 1 aliphatic heterocycles. The van der Waals surface area contributed by atoms with Gasteiger partial charge in [-0.25, -0.2) is 4.79 Å². The van der Waals surface area contributed by atoms with Crippen molar-refractivity contribution in [1.82, 2.24) is 10.2 Å². The van der Waals surface area contributed by atoms with Crippen LogP contribution in [0.15, 0.2) is 0 Å². The predicted molar refractivity (Wildman–Crippen MR) is 60.8 cm³/mol. The van der Waals surface area contributed by atoms with Gasteiger partial charge in [0.2, 0.25) is 0 Å². The Morgan fingerprint density at radius 3 is 2.93 bits per heavy atom. The third-order valence-electron chi connectivity index (χ3n) is 3.78. The summed E-state index contributed by atoms with van der Waals surface area (Å²) in [5.74, 6) is 0.797. The molecule has 0 spiro atoms. The van der Waals surface area contributed by atoms with Crippen LogP contribution >= 0.6 is 0 Å². The van der Waals surface area contributed by atoms with Gasteiger partial charge in [0.15, 0.2) is 0 Å². The first-order valence-corrected chi connectivity index (χ1v) is 6.37. The van der Waals surface area contributed by atoms with Crippen LogP contribution in [-0.4, -0.2) is 30.1 Å². The van der Waals surface area contributed by atoms with Crippen molar-refractivity contribution in [3.63, 3.8) is 0 Å². The van der Waals surface area contributed by atoms with Gasteiger partial charge in [-0.15, -0.1) is 0 Å². The van der Waals surface area contributed by atoms with E-state index in [1.165, 1.54) is 32.1 Å². The highest BCUT2D eigenvalue weighted by Crippen LogP contribution is 2.36. The lowest BCUT2D eigenvalue weighted by molar-refractivity contribution is 0.128. The number of rotatable bonds is 2. The Morgan fingerprint density at radius 2 is 2.13 bits per heavy atom. The van der Waals surface area contributed by atoms with Crippen molar-refractivity contribution >= 4 is 6.03 Å². The van der Waals surface area contributed by atoms with Crippen LogP contribution in [-0.2, 0) is 0 Å². The Hall–Kier alpha value is -0.730. The highest BCUT2D eigenvalue weighted by Gasteiger charge is 2.36. The smallest absolute Gasteiger partial charge is 0.317 e. The Morgan fingerprint density at radius 1 is 1.33 bits per heavy atom. The first kappa shape index (κ1) is 10.8. The first-order valence-electron chi connectivity index (χ1n) is 6.37. The molecule has 3 nitrogen and oxygen atoms in total. The van der Waals surface area contributed by atoms with E-state index in [0.717, 1.165) is 25.4 Å². The summed E-state index contributed by atoms with van der Waals surface area (Å²) in [6.45, 7) is 3.87. The second-order valence-corrected chi connectivity index (χ2v) is 4.83. The summed E-state index contributed by atoms with van der Waals surface area (Å²) in [5.41, 5.74) is 0. The predicted octanol–water partition coefficient (Wildman–Crippen LogP) is 2.37. The monoisotopic (exact) mass is 210 g/mol. The van der Waals surface area contributed by atoms with Crippen molar-refractivity contribution in [3.05, 3.63) is 0 Å². The minimum atomic E-state index is 0.174. The van der Waals surface area contributed by atoms with Gasteiger partial charge in [-0.05, 0) is 38.0 Å². The fraction of sp³-hybridized carbons (Fsp3) is 0.917. The quantitative estimate of drug-likeness (QED) is 0.745. The lowest BCUT2D eigenvalue weighted by Crippen LogP contribution is -2.50. The SMILES string of the molecule is CCCNC(=O)N1CCCC2CCCC21. The number of nitrogens with zero attached hydrogens (tertiary/aromatic N) is 1. The summed E-state index contributed by atoms with van der Waals surface area (Å²) in [4.78, 5) is 14.0. The van der Waals surface area contributed by atoms with Crippen molar-refractivity contribution in [2.75, 3.05) is 13.1 Å². The van der Waals surface area contributed by atoms with Gasteiger partial charge in [0.1, 0.15) is 0 Å². The molecule has 0 bridgehead atoms. The van der Waals surface area contributed by atoms with Crippen molar-refractivity contribution in [1.29, 1.82) is 0 Å². The highest BCUT2D eigenvalue weighted by molar-refractivity contribution is 5.74. The maximum Gasteiger partial charge on any atom is 0.317 e. The molecule has 0 aromatic rings. The number of hydrogen-bond acceptors (Lipinski definition) is 1. The molecule has 2 fully saturated rings. The van der Waals surface area contributed by atoms with Gasteiger partial charge in [-0.2, -0.15) is 0 Å². The molecule has 2 unspecified atom stereocenters. The number of piperidine rings is 1. The number of likely N-dealkylation sites (tertiary alicyclic amines) is 1. The largest absolute Gasteiger partial charge is 0.338 e. The molecule has 2 aliphatic rings. The number of hydrogen-bond donors (Lipinski definition) is 1. The molecular weight excluding hydrogens is 188 g/mol. The number of amides is 2. The molecule has 0 radical (unpaired) electrons. The van der Waals surface area contributed by atoms with Crippen LogP contribution < -0.4 is 5.32 Å². The summed E-state index contributed by atoms with van der Waals surface area (Å²) in [5, 5.41) is 3.00. The first-order chi connectivity index (χ1) is 7.33. The molecule has 15 heavy (non-hydrogen) atoms. The maximum absolute atomic E-state index is 11.9. The normalized spacial score (nSPS) is 30.1. The number of carbonyl (C=O) groups excluding carboxylic acids is 1. The number of fused-ring (bicyclic) bond motifs is 1. The minimum Gasteiger partial charge on any atom is -0.338 e. The summed E-state index contributed by atoms with van der Waals surface area (Å²) in [6.07, 6.45) is 7.43. The van der Waals surface area contributed by atoms with E-state index in [1.54, 1.807) is 0 Å².